The minimum Gasteiger partial charge on any atom is -0.308 e. The van der Waals surface area contributed by atoms with Gasteiger partial charge < -0.3 is 13.7 Å². The summed E-state index contributed by atoms with van der Waals surface area (Å²) in [5, 5.41) is 7.07. The first kappa shape index (κ1) is 35.2. The number of benzene rings is 9. The minimum absolute atomic E-state index is 0.618. The summed E-state index contributed by atoms with van der Waals surface area (Å²) in [6, 6.07) is 77.3. The molecule has 0 amide bonds. The largest absolute Gasteiger partial charge is 0.308 e. The Balaban J connectivity index is 1.16. The number of para-hydroxylation sites is 6. The van der Waals surface area contributed by atoms with Crippen molar-refractivity contribution in [2.45, 2.75) is 0 Å². The van der Waals surface area contributed by atoms with Crippen LogP contribution in [-0.4, -0.2) is 28.7 Å². The highest BCUT2D eigenvalue weighted by molar-refractivity contribution is 6.27. The molecule has 294 valence electrons. The summed E-state index contributed by atoms with van der Waals surface area (Å²) in [7, 11) is 0. The predicted molar refractivity (Wildman–Crippen MR) is 259 cm³/mol. The number of fused-ring (bicyclic) bond motifs is 10. The van der Waals surface area contributed by atoms with Crippen LogP contribution in [0.5, 0.6) is 0 Å². The van der Waals surface area contributed by atoms with Crippen LogP contribution in [0.4, 0.5) is 0 Å². The first-order valence-electron chi connectivity index (χ1n) is 21.3. The quantitative estimate of drug-likeness (QED) is 0.168. The van der Waals surface area contributed by atoms with E-state index < -0.39 is 0 Å². The molecule has 0 aliphatic heterocycles. The van der Waals surface area contributed by atoms with Gasteiger partial charge in [0.05, 0.1) is 38.8 Å². The molecule has 0 saturated carbocycles. The highest BCUT2D eigenvalue weighted by Crippen LogP contribution is 2.46. The first-order valence-corrected chi connectivity index (χ1v) is 21.3. The monoisotopic (exact) mass is 804 g/mol. The molecule has 0 bridgehead atoms. The molecule has 13 aromatic rings. The average Bonchev–Trinajstić information content (AvgIpc) is 4.01. The summed E-state index contributed by atoms with van der Waals surface area (Å²) >= 11 is 0. The second kappa shape index (κ2) is 14.0. The summed E-state index contributed by atoms with van der Waals surface area (Å²) in [6.45, 7) is 0. The Morgan fingerprint density at radius 3 is 1.40 bits per heavy atom. The van der Waals surface area contributed by atoms with Crippen molar-refractivity contribution in [2.24, 2.45) is 0 Å². The van der Waals surface area contributed by atoms with Crippen LogP contribution < -0.4 is 0 Å². The number of rotatable bonds is 6. The van der Waals surface area contributed by atoms with Crippen molar-refractivity contribution >= 4 is 65.4 Å². The maximum atomic E-state index is 5.25. The molecule has 0 fully saturated rings. The van der Waals surface area contributed by atoms with Crippen LogP contribution in [0.2, 0.25) is 0 Å². The lowest BCUT2D eigenvalue weighted by atomic mass is 10.1. The van der Waals surface area contributed by atoms with Gasteiger partial charge in [0.25, 0.3) is 0 Å². The van der Waals surface area contributed by atoms with E-state index in [4.69, 9.17) is 15.0 Å². The van der Waals surface area contributed by atoms with Gasteiger partial charge in [0.1, 0.15) is 0 Å². The van der Waals surface area contributed by atoms with Crippen molar-refractivity contribution in [3.63, 3.8) is 0 Å². The summed E-state index contributed by atoms with van der Waals surface area (Å²) in [4.78, 5) is 15.5. The Bertz CT molecular complexity index is 3830. The molecule has 0 aliphatic carbocycles. The zero-order valence-corrected chi connectivity index (χ0v) is 34.0. The van der Waals surface area contributed by atoms with Gasteiger partial charge in [0, 0.05) is 60.4 Å². The Morgan fingerprint density at radius 1 is 0.270 bits per heavy atom. The maximum Gasteiger partial charge on any atom is 0.166 e. The first-order chi connectivity index (χ1) is 31.3. The van der Waals surface area contributed by atoms with Gasteiger partial charge in [0.2, 0.25) is 0 Å². The molecule has 0 aliphatic rings. The molecule has 6 nitrogen and oxygen atoms in total. The molecule has 0 N–H and O–H groups in total. The Hall–Kier alpha value is -8.61. The average molecular weight is 805 g/mol. The van der Waals surface area contributed by atoms with Gasteiger partial charge in [0.15, 0.2) is 17.5 Å². The van der Waals surface area contributed by atoms with Crippen molar-refractivity contribution in [1.82, 2.24) is 28.7 Å². The second-order valence-electron chi connectivity index (χ2n) is 16.0. The fraction of sp³-hybridized carbons (Fsp3) is 0. The smallest absolute Gasteiger partial charge is 0.166 e. The van der Waals surface area contributed by atoms with Gasteiger partial charge >= 0.3 is 0 Å². The highest BCUT2D eigenvalue weighted by Gasteiger charge is 2.25. The van der Waals surface area contributed by atoms with Crippen LogP contribution in [0.1, 0.15) is 0 Å². The van der Waals surface area contributed by atoms with Gasteiger partial charge in [-0.3, -0.25) is 0 Å². The number of aromatic nitrogens is 6. The lowest BCUT2D eigenvalue weighted by molar-refractivity contribution is 1.07. The number of hydrogen-bond acceptors (Lipinski definition) is 3. The molecule has 0 spiro atoms. The zero-order valence-electron chi connectivity index (χ0n) is 34.0. The van der Waals surface area contributed by atoms with Gasteiger partial charge in [-0.15, -0.1) is 0 Å². The number of nitrogens with zero attached hydrogens (tertiary/aromatic N) is 6. The SMILES string of the molecule is c1ccc(-c2nc(-c3ccccc3)nc(-c3cccc4c5ccc6c(c7ccccc7n6-c6cccc7c8ccccc8n(-c8ccccc8)c67)c5n(-c5ccccc5)c34)n2)cc1. The molecule has 0 unspecified atom stereocenters. The molecule has 6 heteroatoms. The fourth-order valence-corrected chi connectivity index (χ4v) is 9.84. The van der Waals surface area contributed by atoms with Crippen LogP contribution in [0, 0.1) is 0 Å². The predicted octanol–water partition coefficient (Wildman–Crippen LogP) is 14.2. The van der Waals surface area contributed by atoms with E-state index in [1.807, 2.05) is 36.4 Å². The van der Waals surface area contributed by atoms with Crippen molar-refractivity contribution in [3.05, 3.63) is 218 Å². The van der Waals surface area contributed by atoms with E-state index in [-0.39, 0.29) is 0 Å². The summed E-state index contributed by atoms with van der Waals surface area (Å²) < 4.78 is 7.34. The van der Waals surface area contributed by atoms with E-state index in [1.165, 1.54) is 27.1 Å². The van der Waals surface area contributed by atoms with Crippen LogP contribution in [0.15, 0.2) is 218 Å². The second-order valence-corrected chi connectivity index (χ2v) is 16.0. The normalized spacial score (nSPS) is 11.8. The van der Waals surface area contributed by atoms with Crippen molar-refractivity contribution in [2.75, 3.05) is 0 Å². The lowest BCUT2D eigenvalue weighted by Crippen LogP contribution is -2.02. The summed E-state index contributed by atoms with van der Waals surface area (Å²) in [6.07, 6.45) is 0. The summed E-state index contributed by atoms with van der Waals surface area (Å²) in [5.74, 6) is 1.88. The van der Waals surface area contributed by atoms with E-state index >= 15 is 0 Å². The van der Waals surface area contributed by atoms with Gasteiger partial charge in [-0.1, -0.05) is 164 Å². The standard InChI is InChI=1S/C57H36N6/c1-5-19-37(20-6-1)55-58-56(38-21-7-2-8-22-38)60-57(59-55)46-31-17-29-43-44-35-36-49-51(54(44)62(52(43)46)40-25-11-4-12-26-40)45-28-14-16-33-48(45)63(49)50-34-18-30-42-41-27-13-15-32-47(41)61(53(42)50)39-23-9-3-10-24-39/h1-36H. The van der Waals surface area contributed by atoms with Crippen LogP contribution in [0.3, 0.4) is 0 Å². The third-order valence-electron chi connectivity index (χ3n) is 12.5. The Labute approximate surface area is 362 Å². The number of hydrogen-bond donors (Lipinski definition) is 0. The minimum atomic E-state index is 0.618. The topological polar surface area (TPSA) is 53.5 Å². The maximum absolute atomic E-state index is 5.25. The molecular formula is C57H36N6. The lowest BCUT2D eigenvalue weighted by Gasteiger charge is -2.14. The summed E-state index contributed by atoms with van der Waals surface area (Å²) in [5.41, 5.74) is 12.9. The molecule has 4 heterocycles. The molecule has 4 aromatic heterocycles. The molecule has 0 atom stereocenters. The molecular weight excluding hydrogens is 769 g/mol. The van der Waals surface area contributed by atoms with Crippen LogP contribution in [0.25, 0.3) is 117 Å². The van der Waals surface area contributed by atoms with E-state index in [9.17, 15) is 0 Å². The Kier molecular flexibility index (Phi) is 7.80. The molecule has 13 rings (SSSR count). The molecule has 63 heavy (non-hydrogen) atoms. The molecule has 0 radical (unpaired) electrons. The van der Waals surface area contributed by atoms with Gasteiger partial charge in [-0.2, -0.15) is 0 Å². The molecule has 0 saturated heterocycles. The van der Waals surface area contributed by atoms with Gasteiger partial charge in [-0.05, 0) is 54.6 Å². The Morgan fingerprint density at radius 2 is 0.746 bits per heavy atom. The molecule has 9 aromatic carbocycles. The van der Waals surface area contributed by atoms with Crippen LogP contribution >= 0.6 is 0 Å². The van der Waals surface area contributed by atoms with Crippen molar-refractivity contribution < 1.29 is 0 Å². The highest BCUT2D eigenvalue weighted by atomic mass is 15.1. The van der Waals surface area contributed by atoms with Crippen molar-refractivity contribution in [1.29, 1.82) is 0 Å². The zero-order chi connectivity index (χ0) is 41.4. The van der Waals surface area contributed by atoms with E-state index in [0.29, 0.717) is 17.5 Å². The van der Waals surface area contributed by atoms with E-state index in [2.05, 4.69) is 196 Å². The third kappa shape index (κ3) is 5.35. The van der Waals surface area contributed by atoms with E-state index in [0.717, 1.165) is 72.1 Å². The third-order valence-corrected chi connectivity index (χ3v) is 12.5. The van der Waals surface area contributed by atoms with Crippen molar-refractivity contribution in [3.8, 4) is 51.2 Å². The van der Waals surface area contributed by atoms with Gasteiger partial charge in [-0.25, -0.2) is 15.0 Å². The van der Waals surface area contributed by atoms with E-state index in [1.54, 1.807) is 0 Å². The fourth-order valence-electron chi connectivity index (χ4n) is 9.84. The van der Waals surface area contributed by atoms with Crippen LogP contribution in [-0.2, 0) is 0 Å².